The monoisotopic (exact) mass is 223 g/mol. The number of rotatable bonds is 4. The van der Waals surface area contributed by atoms with Crippen LogP contribution in [0, 0.1) is 18.7 Å². The first-order valence-corrected chi connectivity index (χ1v) is 5.53. The Kier molecular flexibility index (Phi) is 4.47. The quantitative estimate of drug-likeness (QED) is 0.834. The zero-order valence-electron chi connectivity index (χ0n) is 10.0. The normalized spacial score (nSPS) is 10.6. The lowest BCUT2D eigenvalue weighted by molar-refractivity contribution is -0.123. The third kappa shape index (κ3) is 3.65. The number of nitrogens with one attached hydrogen (secondary N) is 1. The average Bonchev–Trinajstić information content (AvgIpc) is 2.23. The molecule has 0 aliphatic heterocycles. The van der Waals surface area contributed by atoms with Gasteiger partial charge in [0.05, 0.1) is 0 Å². The van der Waals surface area contributed by atoms with Crippen LogP contribution in [0.1, 0.15) is 25.0 Å². The minimum atomic E-state index is -0.185. The summed E-state index contributed by atoms with van der Waals surface area (Å²) in [7, 11) is 0. The number of amides is 1. The molecule has 2 nitrogen and oxygen atoms in total. The number of carbonyl (C=O) groups is 1. The van der Waals surface area contributed by atoms with Crippen LogP contribution >= 0.6 is 0 Å². The van der Waals surface area contributed by atoms with Gasteiger partial charge in [0.15, 0.2) is 0 Å². The van der Waals surface area contributed by atoms with Gasteiger partial charge in [-0.2, -0.15) is 0 Å². The smallest absolute Gasteiger partial charge is 0.222 e. The summed E-state index contributed by atoms with van der Waals surface area (Å²) in [4.78, 5) is 11.3. The fourth-order valence-electron chi connectivity index (χ4n) is 1.40. The van der Waals surface area contributed by atoms with Crippen molar-refractivity contribution in [2.45, 2.75) is 27.2 Å². The molecule has 1 aromatic rings. The van der Waals surface area contributed by atoms with E-state index in [1.165, 1.54) is 6.07 Å². The van der Waals surface area contributed by atoms with Crippen LogP contribution in [0.2, 0.25) is 0 Å². The number of hydrogen-bond donors (Lipinski definition) is 1. The first-order valence-electron chi connectivity index (χ1n) is 5.53. The van der Waals surface area contributed by atoms with E-state index in [1.807, 2.05) is 19.9 Å². The van der Waals surface area contributed by atoms with Crippen LogP contribution < -0.4 is 5.32 Å². The van der Waals surface area contributed by atoms with Crippen molar-refractivity contribution >= 4 is 5.91 Å². The van der Waals surface area contributed by atoms with E-state index in [9.17, 15) is 9.18 Å². The molecule has 0 bridgehead atoms. The van der Waals surface area contributed by atoms with Crippen LogP contribution in [0.4, 0.5) is 4.39 Å². The number of carbonyl (C=O) groups excluding carboxylic acids is 1. The van der Waals surface area contributed by atoms with Crippen molar-refractivity contribution in [2.75, 3.05) is 6.54 Å². The Labute approximate surface area is 95.9 Å². The maximum atomic E-state index is 13.0. The molecule has 0 saturated carbocycles. The van der Waals surface area contributed by atoms with E-state index in [0.717, 1.165) is 12.0 Å². The van der Waals surface area contributed by atoms with Crippen molar-refractivity contribution in [3.8, 4) is 0 Å². The molecular weight excluding hydrogens is 205 g/mol. The summed E-state index contributed by atoms with van der Waals surface area (Å²) in [6, 6.07) is 5.04. The molecule has 0 unspecified atom stereocenters. The first-order chi connectivity index (χ1) is 7.50. The zero-order valence-corrected chi connectivity index (χ0v) is 10.0. The van der Waals surface area contributed by atoms with Crippen LogP contribution in [0.25, 0.3) is 0 Å². The molecule has 0 spiro atoms. The molecule has 0 saturated heterocycles. The SMILES string of the molecule is Cc1cc(CCNC(=O)C(C)C)ccc1F. The molecule has 0 aromatic heterocycles. The van der Waals surface area contributed by atoms with E-state index in [2.05, 4.69) is 5.32 Å². The molecular formula is C13H18FNO. The number of benzene rings is 1. The number of aryl methyl sites for hydroxylation is 1. The van der Waals surface area contributed by atoms with E-state index in [-0.39, 0.29) is 17.6 Å². The van der Waals surface area contributed by atoms with Crippen molar-refractivity contribution < 1.29 is 9.18 Å². The molecule has 3 heteroatoms. The molecule has 0 aliphatic rings. The van der Waals surface area contributed by atoms with Gasteiger partial charge in [-0.1, -0.05) is 26.0 Å². The largest absolute Gasteiger partial charge is 0.356 e. The molecule has 0 radical (unpaired) electrons. The van der Waals surface area contributed by atoms with Crippen molar-refractivity contribution in [3.05, 3.63) is 35.1 Å². The maximum Gasteiger partial charge on any atom is 0.222 e. The van der Waals surface area contributed by atoms with Crippen LogP contribution in [-0.2, 0) is 11.2 Å². The maximum absolute atomic E-state index is 13.0. The van der Waals surface area contributed by atoms with E-state index in [0.29, 0.717) is 12.1 Å². The highest BCUT2D eigenvalue weighted by molar-refractivity contribution is 5.77. The molecule has 0 atom stereocenters. The predicted octanol–water partition coefficient (Wildman–Crippen LogP) is 2.45. The van der Waals surface area contributed by atoms with E-state index in [1.54, 1.807) is 13.0 Å². The van der Waals surface area contributed by atoms with Crippen LogP contribution in [0.15, 0.2) is 18.2 Å². The van der Waals surface area contributed by atoms with Gasteiger partial charge in [0.1, 0.15) is 5.82 Å². The molecule has 16 heavy (non-hydrogen) atoms. The Morgan fingerprint density at radius 1 is 1.44 bits per heavy atom. The summed E-state index contributed by atoms with van der Waals surface area (Å²) in [5, 5.41) is 2.83. The molecule has 0 aliphatic carbocycles. The van der Waals surface area contributed by atoms with Gasteiger partial charge >= 0.3 is 0 Å². The van der Waals surface area contributed by atoms with Gasteiger partial charge < -0.3 is 5.32 Å². The minimum Gasteiger partial charge on any atom is -0.356 e. The van der Waals surface area contributed by atoms with Crippen molar-refractivity contribution in [1.82, 2.24) is 5.32 Å². The summed E-state index contributed by atoms with van der Waals surface area (Å²) < 4.78 is 13.0. The number of hydrogen-bond acceptors (Lipinski definition) is 1. The van der Waals surface area contributed by atoms with Crippen LogP contribution in [0.3, 0.4) is 0 Å². The molecule has 0 fully saturated rings. The third-order valence-corrected chi connectivity index (χ3v) is 2.46. The third-order valence-electron chi connectivity index (χ3n) is 2.46. The second-order valence-electron chi connectivity index (χ2n) is 4.28. The summed E-state index contributed by atoms with van der Waals surface area (Å²) in [5.41, 5.74) is 1.69. The summed E-state index contributed by atoms with van der Waals surface area (Å²) in [6.07, 6.45) is 0.736. The summed E-state index contributed by atoms with van der Waals surface area (Å²) in [6.45, 7) is 6.06. The molecule has 1 N–H and O–H groups in total. The van der Waals surface area contributed by atoms with Gasteiger partial charge in [-0.3, -0.25) is 4.79 Å². The highest BCUT2D eigenvalue weighted by Gasteiger charge is 2.05. The Morgan fingerprint density at radius 2 is 2.12 bits per heavy atom. The van der Waals surface area contributed by atoms with E-state index >= 15 is 0 Å². The van der Waals surface area contributed by atoms with Gasteiger partial charge in [0, 0.05) is 12.5 Å². The van der Waals surface area contributed by atoms with Crippen LogP contribution in [-0.4, -0.2) is 12.5 Å². The summed E-state index contributed by atoms with van der Waals surface area (Å²) >= 11 is 0. The fourth-order valence-corrected chi connectivity index (χ4v) is 1.40. The van der Waals surface area contributed by atoms with Gasteiger partial charge in [-0.15, -0.1) is 0 Å². The first kappa shape index (κ1) is 12.7. The zero-order chi connectivity index (χ0) is 12.1. The fraction of sp³-hybridized carbons (Fsp3) is 0.462. The highest BCUT2D eigenvalue weighted by atomic mass is 19.1. The topological polar surface area (TPSA) is 29.1 Å². The molecule has 1 aromatic carbocycles. The Morgan fingerprint density at radius 3 is 2.69 bits per heavy atom. The minimum absolute atomic E-state index is 0.00922. The van der Waals surface area contributed by atoms with Crippen molar-refractivity contribution in [1.29, 1.82) is 0 Å². The lowest BCUT2D eigenvalue weighted by atomic mass is 10.1. The Balaban J connectivity index is 2.43. The molecule has 1 rings (SSSR count). The van der Waals surface area contributed by atoms with Crippen LogP contribution in [0.5, 0.6) is 0 Å². The van der Waals surface area contributed by atoms with Gasteiger partial charge in [-0.25, -0.2) is 4.39 Å². The highest BCUT2D eigenvalue weighted by Crippen LogP contribution is 2.09. The Hall–Kier alpha value is -1.38. The lowest BCUT2D eigenvalue weighted by Gasteiger charge is -2.08. The average molecular weight is 223 g/mol. The van der Waals surface area contributed by atoms with E-state index in [4.69, 9.17) is 0 Å². The molecule has 0 heterocycles. The summed E-state index contributed by atoms with van der Waals surface area (Å²) in [5.74, 6) is -0.122. The molecule has 1 amide bonds. The van der Waals surface area contributed by atoms with Gasteiger partial charge in [0.25, 0.3) is 0 Å². The second-order valence-corrected chi connectivity index (χ2v) is 4.28. The second kappa shape index (κ2) is 5.64. The predicted molar refractivity (Wildman–Crippen MR) is 62.7 cm³/mol. The van der Waals surface area contributed by atoms with Crippen molar-refractivity contribution in [3.63, 3.8) is 0 Å². The van der Waals surface area contributed by atoms with Gasteiger partial charge in [0.2, 0.25) is 5.91 Å². The lowest BCUT2D eigenvalue weighted by Crippen LogP contribution is -2.29. The standard InChI is InChI=1S/C13H18FNO/c1-9(2)13(16)15-7-6-11-4-5-12(14)10(3)8-11/h4-5,8-9H,6-7H2,1-3H3,(H,15,16). The Bertz CT molecular complexity index is 374. The number of halogens is 1. The van der Waals surface area contributed by atoms with Crippen molar-refractivity contribution in [2.24, 2.45) is 5.92 Å². The van der Waals surface area contributed by atoms with Gasteiger partial charge in [-0.05, 0) is 30.5 Å². The molecule has 88 valence electrons. The van der Waals surface area contributed by atoms with E-state index < -0.39 is 0 Å².